The molecule has 4 heterocycles. The number of rotatable bonds is 6. The van der Waals surface area contributed by atoms with E-state index in [-0.39, 0.29) is 12.1 Å². The Bertz CT molecular complexity index is 1200. The van der Waals surface area contributed by atoms with E-state index in [9.17, 15) is 5.11 Å². The van der Waals surface area contributed by atoms with Gasteiger partial charge in [0.15, 0.2) is 5.15 Å². The fourth-order valence-corrected chi connectivity index (χ4v) is 4.95. The first-order valence-electron chi connectivity index (χ1n) is 11.4. The number of fused-ring (bicyclic) bond motifs is 1. The molecule has 2 aliphatic rings. The highest BCUT2D eigenvalue weighted by atomic mass is 35.5. The van der Waals surface area contributed by atoms with Gasteiger partial charge in [-0.25, -0.2) is 14.6 Å². The molecule has 2 aliphatic heterocycles. The van der Waals surface area contributed by atoms with E-state index in [0.717, 1.165) is 56.0 Å². The second kappa shape index (κ2) is 8.80. The average molecular weight is 506 g/mol. The summed E-state index contributed by atoms with van der Waals surface area (Å²) in [5, 5.41) is 19.4. The van der Waals surface area contributed by atoms with E-state index in [1.165, 1.54) is 0 Å². The number of ether oxygens (including phenoxy) is 1. The fourth-order valence-electron chi connectivity index (χ4n) is 4.46. The van der Waals surface area contributed by atoms with E-state index in [1.807, 2.05) is 12.1 Å². The summed E-state index contributed by atoms with van der Waals surface area (Å²) >= 11 is 13.1. The molecule has 0 aliphatic carbocycles. The molecule has 0 radical (unpaired) electrons. The third-order valence-corrected chi connectivity index (χ3v) is 7.12. The van der Waals surface area contributed by atoms with Gasteiger partial charge in [-0.05, 0) is 32.9 Å². The quantitative estimate of drug-likeness (QED) is 0.525. The second-order valence-electron chi connectivity index (χ2n) is 9.96. The SMILES string of the molecule is CC(C)(O)Cn1ncc(Nc2ncc3cc(Cl)c(N4CCN(C5(C)COC5)CC4)cc3n2)c1Cl. The number of aliphatic hydroxyl groups is 1. The Kier molecular flexibility index (Phi) is 6.10. The minimum absolute atomic E-state index is 0.162. The van der Waals surface area contributed by atoms with Crippen molar-refractivity contribution in [3.05, 3.63) is 34.7 Å². The highest BCUT2D eigenvalue weighted by Crippen LogP contribution is 2.33. The first-order chi connectivity index (χ1) is 16.1. The standard InChI is InChI=1S/C23H29Cl2N7O2/c1-22(2,33)12-32-20(25)18(11-27-32)29-21-26-10-15-8-16(24)19(9-17(15)28-21)30-4-6-31(7-5-30)23(3)13-34-14-23/h8-11,33H,4-7,12-14H2,1-3H3,(H,26,28,29). The third kappa shape index (κ3) is 4.67. The van der Waals surface area contributed by atoms with Gasteiger partial charge in [0, 0.05) is 37.8 Å². The summed E-state index contributed by atoms with van der Waals surface area (Å²) in [5.74, 6) is 0.410. The van der Waals surface area contributed by atoms with Crippen LogP contribution in [0.4, 0.5) is 17.3 Å². The first kappa shape index (κ1) is 23.6. The summed E-state index contributed by atoms with van der Waals surface area (Å²) in [6.45, 7) is 11.3. The number of halogens is 2. The number of piperazine rings is 1. The van der Waals surface area contributed by atoms with E-state index in [4.69, 9.17) is 27.9 Å². The zero-order chi connectivity index (χ0) is 24.1. The Labute approximate surface area is 208 Å². The summed E-state index contributed by atoms with van der Waals surface area (Å²) in [7, 11) is 0. The number of anilines is 3. The van der Waals surface area contributed by atoms with Gasteiger partial charge in [-0.3, -0.25) is 4.90 Å². The van der Waals surface area contributed by atoms with Crippen molar-refractivity contribution in [3.63, 3.8) is 0 Å². The molecule has 2 fully saturated rings. The topological polar surface area (TPSA) is 91.6 Å². The third-order valence-electron chi connectivity index (χ3n) is 6.42. The summed E-state index contributed by atoms with van der Waals surface area (Å²) in [4.78, 5) is 13.9. The molecule has 11 heteroatoms. The molecule has 0 spiro atoms. The van der Waals surface area contributed by atoms with E-state index < -0.39 is 5.60 Å². The lowest BCUT2D eigenvalue weighted by atomic mass is 9.97. The minimum Gasteiger partial charge on any atom is -0.389 e. The maximum Gasteiger partial charge on any atom is 0.227 e. The molecule has 34 heavy (non-hydrogen) atoms. The molecule has 5 rings (SSSR count). The van der Waals surface area contributed by atoms with Crippen molar-refractivity contribution in [2.24, 2.45) is 0 Å². The van der Waals surface area contributed by atoms with Gasteiger partial charge < -0.3 is 20.1 Å². The summed E-state index contributed by atoms with van der Waals surface area (Å²) < 4.78 is 6.97. The average Bonchev–Trinajstić information content (AvgIpc) is 3.09. The molecule has 3 aromatic rings. The van der Waals surface area contributed by atoms with E-state index in [2.05, 4.69) is 37.1 Å². The lowest BCUT2D eigenvalue weighted by Crippen LogP contribution is -2.64. The van der Waals surface area contributed by atoms with Gasteiger partial charge in [0.2, 0.25) is 5.95 Å². The van der Waals surface area contributed by atoms with Crippen molar-refractivity contribution in [2.45, 2.75) is 38.5 Å². The fraction of sp³-hybridized carbons (Fsp3) is 0.522. The highest BCUT2D eigenvalue weighted by Gasteiger charge is 2.40. The van der Waals surface area contributed by atoms with Gasteiger partial charge in [0.1, 0.15) is 0 Å². The van der Waals surface area contributed by atoms with Gasteiger partial charge in [-0.1, -0.05) is 23.2 Å². The largest absolute Gasteiger partial charge is 0.389 e. The molecule has 0 amide bonds. The lowest BCUT2D eigenvalue weighted by molar-refractivity contribution is -0.131. The normalized spacial score (nSPS) is 18.8. The molecule has 2 saturated heterocycles. The number of hydrogen-bond acceptors (Lipinski definition) is 8. The molecule has 182 valence electrons. The van der Waals surface area contributed by atoms with Crippen LogP contribution in [0.2, 0.25) is 10.2 Å². The molecule has 2 N–H and O–H groups in total. The van der Waals surface area contributed by atoms with Crippen molar-refractivity contribution in [2.75, 3.05) is 49.6 Å². The summed E-state index contributed by atoms with van der Waals surface area (Å²) in [6, 6.07) is 3.94. The van der Waals surface area contributed by atoms with Crippen LogP contribution in [0.15, 0.2) is 24.5 Å². The van der Waals surface area contributed by atoms with Crippen LogP contribution < -0.4 is 10.2 Å². The summed E-state index contributed by atoms with van der Waals surface area (Å²) in [5.41, 5.74) is 1.57. The van der Waals surface area contributed by atoms with Gasteiger partial charge >= 0.3 is 0 Å². The lowest BCUT2D eigenvalue weighted by Gasteiger charge is -2.50. The van der Waals surface area contributed by atoms with Crippen LogP contribution in [0.5, 0.6) is 0 Å². The Morgan fingerprint density at radius 2 is 1.88 bits per heavy atom. The van der Waals surface area contributed by atoms with Gasteiger partial charge in [0.25, 0.3) is 0 Å². The molecule has 2 aromatic heterocycles. The molecular weight excluding hydrogens is 477 g/mol. The number of aromatic nitrogens is 4. The smallest absolute Gasteiger partial charge is 0.227 e. The van der Waals surface area contributed by atoms with Crippen molar-refractivity contribution >= 4 is 51.4 Å². The Morgan fingerprint density at radius 1 is 1.15 bits per heavy atom. The molecule has 0 bridgehead atoms. The van der Waals surface area contributed by atoms with E-state index >= 15 is 0 Å². The molecule has 1 aromatic carbocycles. The van der Waals surface area contributed by atoms with Crippen molar-refractivity contribution in [1.29, 1.82) is 0 Å². The zero-order valence-corrected chi connectivity index (χ0v) is 21.1. The number of nitrogens with one attached hydrogen (secondary N) is 1. The van der Waals surface area contributed by atoms with Crippen LogP contribution in [0.3, 0.4) is 0 Å². The van der Waals surface area contributed by atoms with Crippen LogP contribution in [0.1, 0.15) is 20.8 Å². The second-order valence-corrected chi connectivity index (χ2v) is 10.7. The number of hydrogen-bond donors (Lipinski definition) is 2. The molecular formula is C23H29Cl2N7O2. The van der Waals surface area contributed by atoms with Crippen LogP contribution in [-0.4, -0.2) is 80.3 Å². The van der Waals surface area contributed by atoms with Gasteiger partial charge in [0.05, 0.1) is 59.0 Å². The molecule has 9 nitrogen and oxygen atoms in total. The van der Waals surface area contributed by atoms with Crippen LogP contribution in [0, 0.1) is 0 Å². The Hall–Kier alpha value is -2.17. The minimum atomic E-state index is -0.934. The molecule has 0 unspecified atom stereocenters. The van der Waals surface area contributed by atoms with Crippen LogP contribution in [-0.2, 0) is 11.3 Å². The van der Waals surface area contributed by atoms with Gasteiger partial charge in [-0.2, -0.15) is 5.10 Å². The van der Waals surface area contributed by atoms with Crippen LogP contribution in [0.25, 0.3) is 10.9 Å². The predicted octanol–water partition coefficient (Wildman–Crippen LogP) is 3.56. The first-order valence-corrected chi connectivity index (χ1v) is 12.1. The number of nitrogens with zero attached hydrogens (tertiary/aromatic N) is 6. The van der Waals surface area contributed by atoms with Crippen LogP contribution >= 0.6 is 23.2 Å². The maximum absolute atomic E-state index is 10.1. The Balaban J connectivity index is 1.34. The maximum atomic E-state index is 10.1. The van der Waals surface area contributed by atoms with Crippen molar-refractivity contribution < 1.29 is 9.84 Å². The predicted molar refractivity (Wildman–Crippen MR) is 134 cm³/mol. The Morgan fingerprint density at radius 3 is 2.53 bits per heavy atom. The van der Waals surface area contributed by atoms with Crippen molar-refractivity contribution in [1.82, 2.24) is 24.6 Å². The van der Waals surface area contributed by atoms with E-state index in [1.54, 1.807) is 30.9 Å². The van der Waals surface area contributed by atoms with E-state index in [0.29, 0.717) is 21.8 Å². The molecule has 0 saturated carbocycles. The summed E-state index contributed by atoms with van der Waals surface area (Å²) in [6.07, 6.45) is 3.34. The highest BCUT2D eigenvalue weighted by molar-refractivity contribution is 6.34. The van der Waals surface area contributed by atoms with Gasteiger partial charge in [-0.15, -0.1) is 0 Å². The molecule has 0 atom stereocenters. The monoisotopic (exact) mass is 505 g/mol. The van der Waals surface area contributed by atoms with Crippen molar-refractivity contribution in [3.8, 4) is 0 Å². The number of benzene rings is 1. The zero-order valence-electron chi connectivity index (χ0n) is 19.6.